The summed E-state index contributed by atoms with van der Waals surface area (Å²) in [5.41, 5.74) is 0. The van der Waals surface area contributed by atoms with Crippen LogP contribution in [0.25, 0.3) is 0 Å². The fraction of sp³-hybridized carbons (Fsp3) is 0.833. The summed E-state index contributed by atoms with van der Waals surface area (Å²) in [5.74, 6) is 1.32. The third-order valence-electron chi connectivity index (χ3n) is 3.40. The summed E-state index contributed by atoms with van der Waals surface area (Å²) in [5, 5.41) is 2.66. The van der Waals surface area contributed by atoms with Crippen LogP contribution in [0.4, 0.5) is 0 Å². The number of carbonyl (C=O) groups excluding carboxylic acids is 2. The molecule has 3 nitrogen and oxygen atoms in total. The molecule has 0 aromatic rings. The van der Waals surface area contributed by atoms with Gasteiger partial charge in [-0.25, -0.2) is 0 Å². The number of carbonyl (C=O) groups is 2. The molecule has 92 valence electrons. The Morgan fingerprint density at radius 1 is 1.31 bits per heavy atom. The smallest absolute Gasteiger partial charge is 0.233 e. The highest BCUT2D eigenvalue weighted by Gasteiger charge is 2.37. The van der Waals surface area contributed by atoms with Gasteiger partial charge in [0, 0.05) is 5.92 Å². The van der Waals surface area contributed by atoms with E-state index in [2.05, 4.69) is 35.1 Å². The molecular formula is C12H20BrNO2. The van der Waals surface area contributed by atoms with E-state index < -0.39 is 0 Å². The van der Waals surface area contributed by atoms with Gasteiger partial charge in [-0.3, -0.25) is 9.59 Å². The zero-order valence-electron chi connectivity index (χ0n) is 10.1. The molecule has 1 amide bonds. The van der Waals surface area contributed by atoms with Crippen LogP contribution in [0.3, 0.4) is 0 Å². The second-order valence-electron chi connectivity index (χ2n) is 4.89. The van der Waals surface area contributed by atoms with Gasteiger partial charge in [0.25, 0.3) is 0 Å². The van der Waals surface area contributed by atoms with Gasteiger partial charge in [-0.2, -0.15) is 0 Å². The molecule has 3 atom stereocenters. The Bertz CT molecular complexity index is 276. The van der Waals surface area contributed by atoms with Crippen LogP contribution in [0.2, 0.25) is 0 Å². The number of rotatable bonds is 5. The molecule has 1 aliphatic carbocycles. The zero-order chi connectivity index (χ0) is 12.3. The van der Waals surface area contributed by atoms with Crippen molar-refractivity contribution in [3.05, 3.63) is 0 Å². The Kier molecular flexibility index (Phi) is 4.96. The number of amides is 1. The Balaban J connectivity index is 2.33. The van der Waals surface area contributed by atoms with Crippen LogP contribution in [0.15, 0.2) is 0 Å². The summed E-state index contributed by atoms with van der Waals surface area (Å²) in [6.07, 6.45) is 2.14. The van der Waals surface area contributed by atoms with Crippen molar-refractivity contribution in [2.45, 2.75) is 38.4 Å². The van der Waals surface area contributed by atoms with Crippen molar-refractivity contribution in [2.24, 2.45) is 17.8 Å². The van der Waals surface area contributed by atoms with Crippen molar-refractivity contribution in [1.29, 1.82) is 0 Å². The lowest BCUT2D eigenvalue weighted by Crippen LogP contribution is -2.42. The topological polar surface area (TPSA) is 46.2 Å². The van der Waals surface area contributed by atoms with Crippen molar-refractivity contribution < 1.29 is 9.59 Å². The molecule has 0 heterocycles. The van der Waals surface area contributed by atoms with Crippen LogP contribution in [0.1, 0.15) is 33.6 Å². The lowest BCUT2D eigenvalue weighted by Gasteiger charge is -2.38. The van der Waals surface area contributed by atoms with Gasteiger partial charge in [0.1, 0.15) is 0 Å². The van der Waals surface area contributed by atoms with Crippen LogP contribution in [0, 0.1) is 17.8 Å². The summed E-state index contributed by atoms with van der Waals surface area (Å²) >= 11 is 3.17. The molecule has 3 unspecified atom stereocenters. The predicted molar refractivity (Wildman–Crippen MR) is 67.5 cm³/mol. The first kappa shape index (κ1) is 13.7. The van der Waals surface area contributed by atoms with E-state index in [1.807, 2.05) is 0 Å². The van der Waals surface area contributed by atoms with Gasteiger partial charge < -0.3 is 5.32 Å². The van der Waals surface area contributed by atoms with E-state index in [1.54, 1.807) is 6.92 Å². The Labute approximate surface area is 105 Å². The third kappa shape index (κ3) is 3.30. The number of ketones is 1. The summed E-state index contributed by atoms with van der Waals surface area (Å²) in [7, 11) is 0. The highest BCUT2D eigenvalue weighted by Crippen LogP contribution is 2.39. The number of nitrogens with one attached hydrogen (secondary N) is 1. The lowest BCUT2D eigenvalue weighted by atomic mass is 9.66. The van der Waals surface area contributed by atoms with Gasteiger partial charge >= 0.3 is 0 Å². The van der Waals surface area contributed by atoms with Crippen molar-refractivity contribution in [3.63, 3.8) is 0 Å². The largest absolute Gasteiger partial charge is 0.348 e. The molecule has 1 saturated carbocycles. The minimum absolute atomic E-state index is 0.117. The molecule has 1 N–H and O–H groups in total. The van der Waals surface area contributed by atoms with E-state index in [0.29, 0.717) is 11.8 Å². The van der Waals surface area contributed by atoms with Gasteiger partial charge in [-0.05, 0) is 31.6 Å². The molecule has 0 aromatic carbocycles. The van der Waals surface area contributed by atoms with Crippen LogP contribution in [-0.2, 0) is 9.59 Å². The fourth-order valence-electron chi connectivity index (χ4n) is 2.17. The molecular weight excluding hydrogens is 270 g/mol. The highest BCUT2D eigenvalue weighted by molar-refractivity contribution is 9.10. The van der Waals surface area contributed by atoms with Crippen molar-refractivity contribution in [2.75, 3.05) is 6.54 Å². The van der Waals surface area contributed by atoms with Crippen molar-refractivity contribution in [1.82, 2.24) is 5.32 Å². The quantitative estimate of drug-likeness (QED) is 0.788. The molecule has 0 aliphatic heterocycles. The molecule has 1 aliphatic rings. The maximum atomic E-state index is 11.8. The average molecular weight is 290 g/mol. The van der Waals surface area contributed by atoms with Gasteiger partial charge in [-0.15, -0.1) is 0 Å². The van der Waals surface area contributed by atoms with Gasteiger partial charge in [0.05, 0.1) is 11.4 Å². The first-order valence-corrected chi connectivity index (χ1v) is 6.79. The first-order chi connectivity index (χ1) is 7.43. The minimum Gasteiger partial charge on any atom is -0.348 e. The number of alkyl halides is 1. The van der Waals surface area contributed by atoms with E-state index >= 15 is 0 Å². The standard InChI is InChI=1S/C12H20BrNO2/c1-7(2)9-4-5-10(9)11(15)6-14-12(16)8(3)13/h7-10H,4-6H2,1-3H3,(H,14,16). The van der Waals surface area contributed by atoms with Crippen LogP contribution < -0.4 is 5.32 Å². The number of halogens is 1. The minimum atomic E-state index is -0.234. The third-order valence-corrected chi connectivity index (χ3v) is 3.81. The Morgan fingerprint density at radius 3 is 2.31 bits per heavy atom. The molecule has 0 radical (unpaired) electrons. The van der Waals surface area contributed by atoms with Gasteiger partial charge in [0.2, 0.25) is 5.91 Å². The highest BCUT2D eigenvalue weighted by atomic mass is 79.9. The monoisotopic (exact) mass is 289 g/mol. The first-order valence-electron chi connectivity index (χ1n) is 5.88. The fourth-order valence-corrected chi connectivity index (χ4v) is 2.33. The van der Waals surface area contributed by atoms with Crippen LogP contribution >= 0.6 is 15.9 Å². The molecule has 0 spiro atoms. The van der Waals surface area contributed by atoms with Gasteiger partial charge in [-0.1, -0.05) is 29.8 Å². The van der Waals surface area contributed by atoms with E-state index in [9.17, 15) is 9.59 Å². The molecule has 16 heavy (non-hydrogen) atoms. The van der Waals surface area contributed by atoms with E-state index in [1.165, 1.54) is 0 Å². The Morgan fingerprint density at radius 2 is 1.94 bits per heavy atom. The van der Waals surface area contributed by atoms with Crippen LogP contribution in [0.5, 0.6) is 0 Å². The molecule has 1 fully saturated rings. The second-order valence-corrected chi connectivity index (χ2v) is 6.27. The number of hydrogen-bond donors (Lipinski definition) is 1. The average Bonchev–Trinajstić information content (AvgIpc) is 2.10. The van der Waals surface area contributed by atoms with E-state index in [0.717, 1.165) is 12.8 Å². The second kappa shape index (κ2) is 5.80. The molecule has 0 aromatic heterocycles. The molecule has 0 bridgehead atoms. The summed E-state index contributed by atoms with van der Waals surface area (Å²) < 4.78 is 0. The van der Waals surface area contributed by atoms with E-state index in [-0.39, 0.29) is 29.0 Å². The van der Waals surface area contributed by atoms with E-state index in [4.69, 9.17) is 0 Å². The van der Waals surface area contributed by atoms with Crippen LogP contribution in [-0.4, -0.2) is 23.1 Å². The summed E-state index contributed by atoms with van der Waals surface area (Å²) in [6, 6.07) is 0. The van der Waals surface area contributed by atoms with Crippen molar-refractivity contribution in [3.8, 4) is 0 Å². The number of Topliss-reactive ketones (excluding diaryl/α,β-unsaturated/α-hetero) is 1. The Hall–Kier alpha value is -0.380. The molecule has 4 heteroatoms. The maximum Gasteiger partial charge on any atom is 0.233 e. The van der Waals surface area contributed by atoms with Gasteiger partial charge in [0.15, 0.2) is 5.78 Å². The predicted octanol–water partition coefficient (Wildman–Crippen LogP) is 2.14. The van der Waals surface area contributed by atoms with Crippen molar-refractivity contribution >= 4 is 27.6 Å². The molecule has 0 saturated heterocycles. The lowest BCUT2D eigenvalue weighted by molar-refractivity contribution is -0.131. The number of hydrogen-bond acceptors (Lipinski definition) is 2. The zero-order valence-corrected chi connectivity index (χ0v) is 11.7. The SMILES string of the molecule is CC(Br)C(=O)NCC(=O)C1CCC1C(C)C. The normalized spacial score (nSPS) is 26.1. The summed E-state index contributed by atoms with van der Waals surface area (Å²) in [4.78, 5) is 22.9. The summed E-state index contributed by atoms with van der Waals surface area (Å²) in [6.45, 7) is 6.25. The molecule has 1 rings (SSSR count). The maximum absolute atomic E-state index is 11.8.